The van der Waals surface area contributed by atoms with Gasteiger partial charge in [-0.2, -0.15) is 8.42 Å². The van der Waals surface area contributed by atoms with E-state index in [0.717, 1.165) is 6.20 Å². The van der Waals surface area contributed by atoms with Crippen LogP contribution in [0.1, 0.15) is 27.3 Å². The maximum Gasteiger partial charge on any atom is 0.354 e. The van der Waals surface area contributed by atoms with Gasteiger partial charge in [0, 0.05) is 23.9 Å². The van der Waals surface area contributed by atoms with Gasteiger partial charge in [-0.05, 0) is 23.8 Å². The Bertz CT molecular complexity index is 962. The van der Waals surface area contributed by atoms with Crippen molar-refractivity contribution < 1.29 is 33.0 Å². The number of carboxylic acid groups (broad SMARTS) is 2. The van der Waals surface area contributed by atoms with E-state index in [1.54, 1.807) is 0 Å². The lowest BCUT2D eigenvalue weighted by atomic mass is 10.0. The zero-order valence-corrected chi connectivity index (χ0v) is 14.1. The number of aromatic nitrogens is 1. The molecule has 138 valence electrons. The Kier molecular flexibility index (Phi) is 5.43. The minimum atomic E-state index is -4.28. The Hall–Kier alpha value is -3.18. The molecule has 0 atom stereocenters. The fourth-order valence-electron chi connectivity index (χ4n) is 2.26. The number of nitrogens with two attached hydrogens (primary N) is 1. The number of amides is 1. The first kappa shape index (κ1) is 19.1. The van der Waals surface area contributed by atoms with Gasteiger partial charge in [0.25, 0.3) is 5.91 Å². The van der Waals surface area contributed by atoms with E-state index in [0.29, 0.717) is 9.54 Å². The molecule has 0 spiro atoms. The van der Waals surface area contributed by atoms with Crippen molar-refractivity contribution in [1.82, 2.24) is 9.29 Å². The molecule has 0 saturated heterocycles. The molecule has 0 fully saturated rings. The van der Waals surface area contributed by atoms with Crippen LogP contribution in [0.3, 0.4) is 0 Å². The van der Waals surface area contributed by atoms with Gasteiger partial charge in [-0.1, -0.05) is 12.1 Å². The van der Waals surface area contributed by atoms with Crippen LogP contribution in [0.25, 0.3) is 11.1 Å². The van der Waals surface area contributed by atoms with Crippen LogP contribution >= 0.6 is 0 Å². The molecule has 1 amide bonds. The van der Waals surface area contributed by atoms with Crippen molar-refractivity contribution in [3.05, 3.63) is 47.8 Å². The highest BCUT2D eigenvalue weighted by Gasteiger charge is 2.22. The summed E-state index contributed by atoms with van der Waals surface area (Å²) in [6.07, 6.45) is 0.813. The Morgan fingerprint density at radius 3 is 2.19 bits per heavy atom. The molecular weight excluding hydrogens is 366 g/mol. The summed E-state index contributed by atoms with van der Waals surface area (Å²) in [6, 6.07) is 7.00. The molecule has 2 rings (SSSR count). The number of hydrogen-bond acceptors (Lipinski definition) is 5. The fourth-order valence-corrected chi connectivity index (χ4v) is 2.92. The van der Waals surface area contributed by atoms with Gasteiger partial charge < -0.3 is 15.5 Å². The van der Waals surface area contributed by atoms with Crippen molar-refractivity contribution in [1.29, 1.82) is 0 Å². The fraction of sp³-hybridized carbons (Fsp3) is 0.133. The van der Waals surface area contributed by atoms with E-state index in [1.807, 2.05) is 0 Å². The number of nitrogens with zero attached hydrogens (tertiary/aromatic N) is 1. The Morgan fingerprint density at radius 1 is 1.08 bits per heavy atom. The van der Waals surface area contributed by atoms with Gasteiger partial charge in [-0.15, -0.1) is 0 Å². The molecule has 1 aromatic heterocycles. The number of benzene rings is 1. The zero-order chi connectivity index (χ0) is 19.5. The third-order valence-corrected chi connectivity index (χ3v) is 4.26. The molecule has 0 saturated carbocycles. The highest BCUT2D eigenvalue weighted by Crippen LogP contribution is 2.26. The second kappa shape index (κ2) is 7.37. The van der Waals surface area contributed by atoms with E-state index in [9.17, 15) is 27.9 Å². The van der Waals surface area contributed by atoms with Crippen molar-refractivity contribution in [2.45, 2.75) is 6.42 Å². The summed E-state index contributed by atoms with van der Waals surface area (Å²) in [5.74, 6) is -3.01. The van der Waals surface area contributed by atoms with E-state index in [-0.39, 0.29) is 24.1 Å². The third-order valence-electron chi connectivity index (χ3n) is 3.41. The van der Waals surface area contributed by atoms with Crippen LogP contribution in [0.5, 0.6) is 0 Å². The first-order valence-electron chi connectivity index (χ1n) is 7.19. The Labute approximate surface area is 148 Å². The lowest BCUT2D eigenvalue weighted by Gasteiger charge is -2.07. The molecule has 0 bridgehead atoms. The molecular formula is C15H15N3O7S. The average Bonchev–Trinajstić information content (AvgIpc) is 3.00. The lowest BCUT2D eigenvalue weighted by molar-refractivity contribution is -0.136. The van der Waals surface area contributed by atoms with Crippen LogP contribution in [0.15, 0.2) is 36.5 Å². The quantitative estimate of drug-likeness (QED) is 0.527. The monoisotopic (exact) mass is 381 g/mol. The predicted octanol–water partition coefficient (Wildman–Crippen LogP) is 0.109. The van der Waals surface area contributed by atoms with Gasteiger partial charge in [0.1, 0.15) is 0 Å². The summed E-state index contributed by atoms with van der Waals surface area (Å²) in [5.41, 5.74) is 0.198. The maximum atomic E-state index is 11.9. The third kappa shape index (κ3) is 4.26. The van der Waals surface area contributed by atoms with E-state index in [4.69, 9.17) is 10.2 Å². The van der Waals surface area contributed by atoms with Gasteiger partial charge in [0.2, 0.25) is 0 Å². The van der Waals surface area contributed by atoms with E-state index >= 15 is 0 Å². The minimum absolute atomic E-state index is 0.0315. The maximum absolute atomic E-state index is 11.9. The molecule has 0 aliphatic heterocycles. The SMILES string of the molecule is NS(=O)(=O)n1ccc(-c2ccc(C(=O)NCCC(=O)O)cc2)c1C(=O)O. The van der Waals surface area contributed by atoms with Gasteiger partial charge in [-0.25, -0.2) is 13.9 Å². The molecule has 1 heterocycles. The topological polar surface area (TPSA) is 169 Å². The number of rotatable bonds is 7. The molecule has 0 radical (unpaired) electrons. The van der Waals surface area contributed by atoms with Crippen molar-refractivity contribution in [3.8, 4) is 11.1 Å². The standard InChI is InChI=1S/C15H15N3O7S/c16-26(24,25)18-8-6-11(13(18)15(22)23)9-1-3-10(4-2-9)14(21)17-7-5-12(19)20/h1-4,6,8H,5,7H2,(H,17,21)(H,19,20)(H,22,23)(H2,16,24,25). The smallest absolute Gasteiger partial charge is 0.354 e. The van der Waals surface area contributed by atoms with Gasteiger partial charge in [0.05, 0.1) is 6.42 Å². The molecule has 0 unspecified atom stereocenters. The first-order chi connectivity index (χ1) is 12.1. The normalized spacial score (nSPS) is 11.1. The Balaban J connectivity index is 2.29. The average molecular weight is 381 g/mol. The molecule has 0 aliphatic rings. The van der Waals surface area contributed by atoms with Gasteiger partial charge >= 0.3 is 22.1 Å². The number of carbonyl (C=O) groups is 3. The molecule has 5 N–H and O–H groups in total. The summed E-state index contributed by atoms with van der Waals surface area (Å²) in [6.45, 7) is -0.0315. The van der Waals surface area contributed by atoms with Gasteiger partial charge in [0.15, 0.2) is 5.69 Å². The Morgan fingerprint density at radius 2 is 1.69 bits per heavy atom. The van der Waals surface area contributed by atoms with Crippen molar-refractivity contribution in [3.63, 3.8) is 0 Å². The lowest BCUT2D eigenvalue weighted by Crippen LogP contribution is -2.25. The number of aromatic carboxylic acids is 1. The second-order valence-corrected chi connectivity index (χ2v) is 6.62. The largest absolute Gasteiger partial charge is 0.481 e. The molecule has 11 heteroatoms. The summed E-state index contributed by atoms with van der Waals surface area (Å²) < 4.78 is 23.4. The first-order valence-corrected chi connectivity index (χ1v) is 8.70. The van der Waals surface area contributed by atoms with Crippen molar-refractivity contribution >= 4 is 28.1 Å². The van der Waals surface area contributed by atoms with Crippen LogP contribution in [0.2, 0.25) is 0 Å². The van der Waals surface area contributed by atoms with Crippen LogP contribution in [-0.2, 0) is 15.0 Å². The summed E-state index contributed by atoms with van der Waals surface area (Å²) >= 11 is 0. The summed E-state index contributed by atoms with van der Waals surface area (Å²) in [7, 11) is -4.28. The van der Waals surface area contributed by atoms with Crippen molar-refractivity contribution in [2.24, 2.45) is 5.14 Å². The number of aliphatic carboxylic acids is 1. The molecule has 10 nitrogen and oxygen atoms in total. The molecule has 0 aliphatic carbocycles. The minimum Gasteiger partial charge on any atom is -0.481 e. The van der Waals surface area contributed by atoms with Crippen LogP contribution in [0.4, 0.5) is 0 Å². The van der Waals surface area contributed by atoms with Crippen LogP contribution in [0, 0.1) is 0 Å². The van der Waals surface area contributed by atoms with Gasteiger partial charge in [-0.3, -0.25) is 9.59 Å². The number of carbonyl (C=O) groups excluding carboxylic acids is 1. The number of nitrogens with one attached hydrogen (secondary N) is 1. The highest BCUT2D eigenvalue weighted by atomic mass is 32.2. The number of hydrogen-bond donors (Lipinski definition) is 4. The van der Waals surface area contributed by atoms with E-state index in [1.165, 1.54) is 30.3 Å². The summed E-state index contributed by atoms with van der Waals surface area (Å²) in [4.78, 5) is 33.7. The number of carboxylic acids is 2. The van der Waals surface area contributed by atoms with E-state index in [2.05, 4.69) is 5.32 Å². The second-order valence-electron chi connectivity index (χ2n) is 5.20. The molecule has 26 heavy (non-hydrogen) atoms. The highest BCUT2D eigenvalue weighted by molar-refractivity contribution is 7.87. The summed E-state index contributed by atoms with van der Waals surface area (Å²) in [5, 5.41) is 25.3. The molecule has 1 aromatic carbocycles. The zero-order valence-electron chi connectivity index (χ0n) is 13.2. The van der Waals surface area contributed by atoms with Crippen LogP contribution < -0.4 is 10.5 Å². The van der Waals surface area contributed by atoms with Crippen molar-refractivity contribution in [2.75, 3.05) is 6.54 Å². The van der Waals surface area contributed by atoms with E-state index < -0.39 is 33.7 Å². The predicted molar refractivity (Wildman–Crippen MR) is 89.9 cm³/mol. The molecule has 2 aromatic rings. The van der Waals surface area contributed by atoms with Crippen LogP contribution in [-0.4, -0.2) is 47.0 Å².